The second-order valence-corrected chi connectivity index (χ2v) is 7.40. The number of allylic oxidation sites excluding steroid dienone is 1. The molecule has 1 aliphatic rings. The molecule has 0 aromatic heterocycles. The van der Waals surface area contributed by atoms with Gasteiger partial charge in [-0.05, 0) is 66.2 Å². The molecule has 20 heavy (non-hydrogen) atoms. The standard InChI is InChI=1S/C17H32O3/c1-13-8-7-9-15(10-13)14(2)20-17(5,6)12-19-16(3,4)11-18/h14-15,18H,1,7-12H2,2-6H3. The Labute approximate surface area is 124 Å². The van der Waals surface area contributed by atoms with Gasteiger partial charge < -0.3 is 14.6 Å². The zero-order valence-electron chi connectivity index (χ0n) is 13.9. The van der Waals surface area contributed by atoms with Crippen molar-refractivity contribution in [2.75, 3.05) is 13.2 Å². The summed E-state index contributed by atoms with van der Waals surface area (Å²) in [7, 11) is 0. The number of hydrogen-bond acceptors (Lipinski definition) is 3. The molecule has 3 nitrogen and oxygen atoms in total. The van der Waals surface area contributed by atoms with Crippen LogP contribution in [0, 0.1) is 5.92 Å². The van der Waals surface area contributed by atoms with Gasteiger partial charge in [-0.25, -0.2) is 0 Å². The van der Waals surface area contributed by atoms with E-state index in [0.29, 0.717) is 12.5 Å². The lowest BCUT2D eigenvalue weighted by Crippen LogP contribution is -2.41. The van der Waals surface area contributed by atoms with Crippen LogP contribution in [0.25, 0.3) is 0 Å². The van der Waals surface area contributed by atoms with Crippen LogP contribution in [-0.4, -0.2) is 35.6 Å². The molecular formula is C17H32O3. The molecule has 1 rings (SSSR count). The fourth-order valence-electron chi connectivity index (χ4n) is 2.64. The van der Waals surface area contributed by atoms with E-state index in [1.165, 1.54) is 24.8 Å². The van der Waals surface area contributed by atoms with E-state index >= 15 is 0 Å². The van der Waals surface area contributed by atoms with Gasteiger partial charge in [0.15, 0.2) is 0 Å². The maximum Gasteiger partial charge on any atom is 0.0863 e. The molecule has 0 saturated heterocycles. The van der Waals surface area contributed by atoms with Crippen LogP contribution in [0.2, 0.25) is 0 Å². The molecule has 1 aliphatic carbocycles. The van der Waals surface area contributed by atoms with Crippen LogP contribution in [0.4, 0.5) is 0 Å². The molecule has 0 amide bonds. The average Bonchev–Trinajstić information content (AvgIpc) is 2.36. The van der Waals surface area contributed by atoms with E-state index in [4.69, 9.17) is 9.47 Å². The molecule has 0 aromatic carbocycles. The van der Waals surface area contributed by atoms with Crippen LogP contribution in [0.5, 0.6) is 0 Å². The molecule has 3 heteroatoms. The van der Waals surface area contributed by atoms with E-state index < -0.39 is 5.60 Å². The topological polar surface area (TPSA) is 38.7 Å². The maximum absolute atomic E-state index is 9.23. The summed E-state index contributed by atoms with van der Waals surface area (Å²) in [5.74, 6) is 0.571. The van der Waals surface area contributed by atoms with Crippen LogP contribution in [0.1, 0.15) is 60.3 Å². The predicted molar refractivity (Wildman–Crippen MR) is 82.8 cm³/mol. The normalized spacial score (nSPS) is 22.9. The van der Waals surface area contributed by atoms with E-state index in [1.807, 2.05) is 13.8 Å². The summed E-state index contributed by atoms with van der Waals surface area (Å²) in [6, 6.07) is 0. The van der Waals surface area contributed by atoms with Crippen molar-refractivity contribution in [2.45, 2.75) is 77.6 Å². The third-order valence-electron chi connectivity index (χ3n) is 4.02. The highest BCUT2D eigenvalue weighted by atomic mass is 16.6. The fraction of sp³-hybridized carbons (Fsp3) is 0.882. The summed E-state index contributed by atoms with van der Waals surface area (Å²) in [5, 5.41) is 9.23. The fourth-order valence-corrected chi connectivity index (χ4v) is 2.64. The van der Waals surface area contributed by atoms with Gasteiger partial charge in [0.05, 0.1) is 30.5 Å². The first-order valence-electron chi connectivity index (χ1n) is 7.74. The van der Waals surface area contributed by atoms with Gasteiger partial charge in [-0.2, -0.15) is 0 Å². The monoisotopic (exact) mass is 284 g/mol. The Bertz CT molecular complexity index is 320. The van der Waals surface area contributed by atoms with Gasteiger partial charge in [0.25, 0.3) is 0 Å². The van der Waals surface area contributed by atoms with Gasteiger partial charge in [0.1, 0.15) is 0 Å². The van der Waals surface area contributed by atoms with Crippen LogP contribution in [-0.2, 0) is 9.47 Å². The van der Waals surface area contributed by atoms with E-state index in [1.54, 1.807) is 0 Å². The third-order valence-corrected chi connectivity index (χ3v) is 4.02. The molecule has 0 aromatic rings. The largest absolute Gasteiger partial charge is 0.393 e. The molecule has 1 N–H and O–H groups in total. The van der Waals surface area contributed by atoms with E-state index in [9.17, 15) is 5.11 Å². The van der Waals surface area contributed by atoms with Gasteiger partial charge in [-0.3, -0.25) is 0 Å². The Morgan fingerprint density at radius 2 is 1.95 bits per heavy atom. The third kappa shape index (κ3) is 5.94. The van der Waals surface area contributed by atoms with Crippen molar-refractivity contribution in [1.29, 1.82) is 0 Å². The molecule has 0 bridgehead atoms. The lowest BCUT2D eigenvalue weighted by molar-refractivity contribution is -0.159. The maximum atomic E-state index is 9.23. The van der Waals surface area contributed by atoms with Crippen LogP contribution in [0.3, 0.4) is 0 Å². The second kappa shape index (κ2) is 7.06. The number of aliphatic hydroxyl groups is 1. The van der Waals surface area contributed by atoms with E-state index in [0.717, 1.165) is 6.42 Å². The number of rotatable bonds is 7. The average molecular weight is 284 g/mol. The first kappa shape index (κ1) is 17.7. The molecule has 0 radical (unpaired) electrons. The summed E-state index contributed by atoms with van der Waals surface area (Å²) in [6.07, 6.45) is 4.91. The highest BCUT2D eigenvalue weighted by molar-refractivity contribution is 5.00. The number of aliphatic hydroxyl groups excluding tert-OH is 1. The first-order valence-corrected chi connectivity index (χ1v) is 7.74. The van der Waals surface area contributed by atoms with Crippen molar-refractivity contribution in [3.63, 3.8) is 0 Å². The smallest absolute Gasteiger partial charge is 0.0863 e. The van der Waals surface area contributed by atoms with Crippen LogP contribution >= 0.6 is 0 Å². The lowest BCUT2D eigenvalue weighted by atomic mass is 9.83. The van der Waals surface area contributed by atoms with Crippen LogP contribution < -0.4 is 0 Å². The highest BCUT2D eigenvalue weighted by Crippen LogP contribution is 2.32. The predicted octanol–water partition coefficient (Wildman–Crippen LogP) is 3.70. The molecule has 1 fully saturated rings. The molecule has 118 valence electrons. The minimum atomic E-state index is -0.511. The van der Waals surface area contributed by atoms with Crippen molar-refractivity contribution < 1.29 is 14.6 Å². The minimum Gasteiger partial charge on any atom is -0.393 e. The van der Waals surface area contributed by atoms with Gasteiger partial charge in [-0.1, -0.05) is 12.2 Å². The molecule has 2 atom stereocenters. The Morgan fingerprint density at radius 1 is 1.30 bits per heavy atom. The zero-order valence-corrected chi connectivity index (χ0v) is 13.9. The summed E-state index contributed by atoms with van der Waals surface area (Å²) in [4.78, 5) is 0. The van der Waals surface area contributed by atoms with Gasteiger partial charge in [-0.15, -0.1) is 0 Å². The Kier molecular flexibility index (Phi) is 6.24. The molecular weight excluding hydrogens is 252 g/mol. The van der Waals surface area contributed by atoms with Gasteiger partial charge >= 0.3 is 0 Å². The first-order chi connectivity index (χ1) is 9.15. The molecule has 0 heterocycles. The van der Waals surface area contributed by atoms with Crippen LogP contribution in [0.15, 0.2) is 12.2 Å². The molecule has 2 unspecified atom stereocenters. The highest BCUT2D eigenvalue weighted by Gasteiger charge is 2.30. The Morgan fingerprint density at radius 3 is 2.50 bits per heavy atom. The quantitative estimate of drug-likeness (QED) is 0.724. The van der Waals surface area contributed by atoms with Gasteiger partial charge in [0.2, 0.25) is 0 Å². The van der Waals surface area contributed by atoms with E-state index in [2.05, 4.69) is 27.4 Å². The van der Waals surface area contributed by atoms with Crippen molar-refractivity contribution in [3.05, 3.63) is 12.2 Å². The van der Waals surface area contributed by atoms with Crippen molar-refractivity contribution in [2.24, 2.45) is 5.92 Å². The minimum absolute atomic E-state index is 0.0150. The number of hydrogen-bond donors (Lipinski definition) is 1. The number of ether oxygens (including phenoxy) is 2. The van der Waals surface area contributed by atoms with E-state index in [-0.39, 0.29) is 18.3 Å². The Balaban J connectivity index is 2.46. The SMILES string of the molecule is C=C1CCCC(C(C)OC(C)(C)COC(C)(C)CO)C1. The zero-order chi connectivity index (χ0) is 15.4. The summed E-state index contributed by atoms with van der Waals surface area (Å²) >= 11 is 0. The summed E-state index contributed by atoms with van der Waals surface area (Å²) in [5.41, 5.74) is 0.500. The van der Waals surface area contributed by atoms with Crippen molar-refractivity contribution in [3.8, 4) is 0 Å². The second-order valence-electron chi connectivity index (χ2n) is 7.40. The molecule has 1 saturated carbocycles. The van der Waals surface area contributed by atoms with Crippen molar-refractivity contribution >= 4 is 0 Å². The lowest BCUT2D eigenvalue weighted by Gasteiger charge is -2.37. The molecule has 0 spiro atoms. The summed E-state index contributed by atoms with van der Waals surface area (Å²) in [6.45, 7) is 14.6. The van der Waals surface area contributed by atoms with Crippen molar-refractivity contribution in [1.82, 2.24) is 0 Å². The molecule has 0 aliphatic heterocycles. The Hall–Kier alpha value is -0.380. The van der Waals surface area contributed by atoms with Gasteiger partial charge in [0, 0.05) is 0 Å². The summed E-state index contributed by atoms with van der Waals surface area (Å²) < 4.78 is 12.0.